The van der Waals surface area contributed by atoms with Crippen molar-refractivity contribution in [3.63, 3.8) is 0 Å². The smallest absolute Gasteiger partial charge is 0.306 e. The molecule has 0 aliphatic rings. The molecule has 310 valence electrons. The second-order valence-electron chi connectivity index (χ2n) is 17.9. The van der Waals surface area contributed by atoms with Crippen LogP contribution >= 0.6 is 11.6 Å². The fraction of sp³-hybridized carbons (Fsp3) is 0.392. The Kier molecular flexibility index (Phi) is 13.3. The van der Waals surface area contributed by atoms with Gasteiger partial charge in [0.15, 0.2) is 0 Å². The molecule has 1 heterocycles. The minimum Gasteiger partial charge on any atom is -0.507 e. The molecule has 0 aliphatic carbocycles. The van der Waals surface area contributed by atoms with E-state index in [9.17, 15) is 15.0 Å². The first-order chi connectivity index (χ1) is 28.0. The summed E-state index contributed by atoms with van der Waals surface area (Å²) < 4.78 is 5.60. The number of phenols is 2. The molecule has 0 fully saturated rings. The van der Waals surface area contributed by atoms with Crippen molar-refractivity contribution in [2.75, 3.05) is 6.61 Å². The molecule has 8 heteroatoms. The van der Waals surface area contributed by atoms with Gasteiger partial charge in [0.05, 0.1) is 11.6 Å². The van der Waals surface area contributed by atoms with E-state index in [0.29, 0.717) is 45.9 Å². The summed E-state index contributed by atoms with van der Waals surface area (Å²) in [4.78, 5) is 14.3. The van der Waals surface area contributed by atoms with E-state index >= 15 is 0 Å². The van der Waals surface area contributed by atoms with Gasteiger partial charge < -0.3 is 14.9 Å². The molecule has 0 atom stereocenters. The van der Waals surface area contributed by atoms with E-state index in [4.69, 9.17) is 26.5 Å². The number of ether oxygens (including phenoxy) is 1. The minimum absolute atomic E-state index is 0.0719. The summed E-state index contributed by atoms with van der Waals surface area (Å²) in [6.07, 6.45) is 7.40. The highest BCUT2D eigenvalue weighted by atomic mass is 35.5. The first-order valence-corrected chi connectivity index (χ1v) is 21.5. The Labute approximate surface area is 355 Å². The molecule has 0 radical (unpaired) electrons. The van der Waals surface area contributed by atoms with Crippen molar-refractivity contribution in [3.05, 3.63) is 135 Å². The highest BCUT2D eigenvalue weighted by molar-refractivity contribution is 6.35. The number of hydrogen-bond acceptors (Lipinski definition) is 6. The Morgan fingerprint density at radius 2 is 1.32 bits per heavy atom. The standard InChI is InChI=1S/C51H60ClN3O4/c1-9-10-11-12-13-20-29-59-44(56)28-25-34-30-38(47(57)39(31-34)49(2,3)4)45-41(52)26-27-42-46(45)54-55(53-42)43-33-37(50(5,6)35-21-16-14-17-22-35)32-40(48(43)58)51(7,8)36-23-18-15-19-24-36/h14-19,21-24,26-27,30-33,57-58H,9-13,20,25,28-29H2,1-8H3. The van der Waals surface area contributed by atoms with Crippen molar-refractivity contribution < 1.29 is 19.7 Å². The van der Waals surface area contributed by atoms with E-state index in [0.717, 1.165) is 52.6 Å². The molecule has 7 nitrogen and oxygen atoms in total. The van der Waals surface area contributed by atoms with Crippen LogP contribution in [-0.4, -0.2) is 37.8 Å². The van der Waals surface area contributed by atoms with Gasteiger partial charge in [-0.15, -0.1) is 15.0 Å². The van der Waals surface area contributed by atoms with Crippen molar-refractivity contribution in [2.45, 2.75) is 123 Å². The lowest BCUT2D eigenvalue weighted by Gasteiger charge is -2.32. The summed E-state index contributed by atoms with van der Waals surface area (Å²) in [6, 6.07) is 32.0. The average Bonchev–Trinajstić information content (AvgIpc) is 3.64. The molecule has 1 aromatic heterocycles. The van der Waals surface area contributed by atoms with Crippen LogP contribution in [0.3, 0.4) is 0 Å². The molecule has 0 saturated heterocycles. The molecule has 6 rings (SSSR count). The number of aryl methyl sites for hydroxylation is 1. The Morgan fingerprint density at radius 3 is 1.97 bits per heavy atom. The van der Waals surface area contributed by atoms with Crippen LogP contribution in [0.4, 0.5) is 0 Å². The van der Waals surface area contributed by atoms with E-state index in [1.54, 1.807) is 12.1 Å². The molecule has 0 bridgehead atoms. The monoisotopic (exact) mass is 813 g/mol. The van der Waals surface area contributed by atoms with Crippen LogP contribution < -0.4 is 0 Å². The Bertz CT molecular complexity index is 2390. The Balaban J connectivity index is 1.43. The van der Waals surface area contributed by atoms with Gasteiger partial charge in [-0.05, 0) is 64.8 Å². The Hall–Kier alpha value is -5.14. The third kappa shape index (κ3) is 9.52. The molecule has 0 saturated carbocycles. The lowest BCUT2D eigenvalue weighted by atomic mass is 9.72. The number of nitrogens with zero attached hydrogens (tertiary/aromatic N) is 3. The maximum atomic E-state index is 12.8. The zero-order chi connectivity index (χ0) is 42.5. The highest BCUT2D eigenvalue weighted by Crippen LogP contribution is 2.46. The van der Waals surface area contributed by atoms with Gasteiger partial charge in [0.2, 0.25) is 0 Å². The van der Waals surface area contributed by atoms with Gasteiger partial charge in [0.25, 0.3) is 0 Å². The van der Waals surface area contributed by atoms with Crippen LogP contribution in [0.5, 0.6) is 11.5 Å². The molecule has 5 aromatic carbocycles. The average molecular weight is 815 g/mol. The third-order valence-corrected chi connectivity index (χ3v) is 12.1. The van der Waals surface area contributed by atoms with Gasteiger partial charge in [0.1, 0.15) is 28.2 Å². The summed E-state index contributed by atoms with van der Waals surface area (Å²) in [5, 5.41) is 34.6. The number of esters is 1. The van der Waals surface area contributed by atoms with Gasteiger partial charge in [-0.25, -0.2) is 0 Å². The van der Waals surface area contributed by atoms with Crippen molar-refractivity contribution in [1.29, 1.82) is 0 Å². The topological polar surface area (TPSA) is 97.5 Å². The number of carbonyl (C=O) groups excluding carboxylic acids is 1. The molecular weight excluding hydrogens is 754 g/mol. The van der Waals surface area contributed by atoms with Gasteiger partial charge in [0, 0.05) is 39.5 Å². The maximum absolute atomic E-state index is 12.8. The van der Waals surface area contributed by atoms with E-state index in [1.165, 1.54) is 24.1 Å². The fourth-order valence-electron chi connectivity index (χ4n) is 7.95. The summed E-state index contributed by atoms with van der Waals surface area (Å²) >= 11 is 7.05. The predicted octanol–water partition coefficient (Wildman–Crippen LogP) is 12.9. The van der Waals surface area contributed by atoms with Crippen LogP contribution in [0.2, 0.25) is 5.02 Å². The number of carbonyl (C=O) groups is 1. The van der Waals surface area contributed by atoms with Crippen molar-refractivity contribution >= 4 is 28.6 Å². The fourth-order valence-corrected chi connectivity index (χ4v) is 8.20. The number of hydrogen-bond donors (Lipinski definition) is 2. The van der Waals surface area contributed by atoms with Crippen LogP contribution in [0.25, 0.3) is 27.8 Å². The maximum Gasteiger partial charge on any atom is 0.306 e. The molecular formula is C51H60ClN3O4. The van der Waals surface area contributed by atoms with Crippen molar-refractivity contribution in [1.82, 2.24) is 15.0 Å². The molecule has 6 aromatic rings. The van der Waals surface area contributed by atoms with Crippen LogP contribution in [-0.2, 0) is 32.2 Å². The number of phenolic OH excluding ortho intramolecular Hbond substituents is 2. The van der Waals surface area contributed by atoms with Gasteiger partial charge in [-0.2, -0.15) is 0 Å². The van der Waals surface area contributed by atoms with Gasteiger partial charge in [-0.1, -0.05) is 172 Å². The lowest BCUT2D eigenvalue weighted by Crippen LogP contribution is -2.24. The minimum atomic E-state index is -0.583. The number of fused-ring (bicyclic) bond motifs is 1. The van der Waals surface area contributed by atoms with Gasteiger partial charge >= 0.3 is 5.97 Å². The van der Waals surface area contributed by atoms with Crippen LogP contribution in [0.1, 0.15) is 134 Å². The number of aromatic nitrogens is 3. The van der Waals surface area contributed by atoms with Crippen LogP contribution in [0, 0.1) is 0 Å². The summed E-state index contributed by atoms with van der Waals surface area (Å²) in [5.41, 5.74) is 6.54. The Morgan fingerprint density at radius 1 is 0.695 bits per heavy atom. The number of aromatic hydroxyl groups is 2. The summed E-state index contributed by atoms with van der Waals surface area (Å²) in [6.45, 7) is 17.4. The van der Waals surface area contributed by atoms with Crippen molar-refractivity contribution in [3.8, 4) is 28.3 Å². The molecule has 0 spiro atoms. The van der Waals surface area contributed by atoms with Gasteiger partial charge in [-0.3, -0.25) is 4.79 Å². The largest absolute Gasteiger partial charge is 0.507 e. The van der Waals surface area contributed by atoms with E-state index in [1.807, 2.05) is 75.4 Å². The highest BCUT2D eigenvalue weighted by Gasteiger charge is 2.33. The number of rotatable bonds is 16. The third-order valence-electron chi connectivity index (χ3n) is 11.8. The number of benzene rings is 5. The normalized spacial score (nSPS) is 12.3. The molecule has 59 heavy (non-hydrogen) atoms. The summed E-state index contributed by atoms with van der Waals surface area (Å²) in [5.74, 6) is -0.0688. The predicted molar refractivity (Wildman–Crippen MR) is 241 cm³/mol. The zero-order valence-electron chi connectivity index (χ0n) is 36.0. The quantitative estimate of drug-likeness (QED) is 0.0746. The van der Waals surface area contributed by atoms with Crippen LogP contribution in [0.15, 0.2) is 97.1 Å². The first kappa shape index (κ1) is 43.4. The van der Waals surface area contributed by atoms with Crippen molar-refractivity contribution in [2.24, 2.45) is 0 Å². The number of unbranched alkanes of at least 4 members (excludes halogenated alkanes) is 5. The van der Waals surface area contributed by atoms with E-state index in [2.05, 4.69) is 65.0 Å². The first-order valence-electron chi connectivity index (χ1n) is 21.1. The zero-order valence-corrected chi connectivity index (χ0v) is 36.8. The molecule has 0 unspecified atom stereocenters. The molecule has 0 amide bonds. The van der Waals surface area contributed by atoms with E-state index < -0.39 is 16.2 Å². The second-order valence-corrected chi connectivity index (χ2v) is 18.3. The lowest BCUT2D eigenvalue weighted by molar-refractivity contribution is -0.143. The SMILES string of the molecule is CCCCCCCCOC(=O)CCc1cc(-c2c(Cl)ccc3nn(-c4cc(C(C)(C)c5ccccc5)cc(C(C)(C)c5ccccc5)c4O)nc23)c(O)c(C(C)(C)C)c1. The number of halogens is 1. The van der Waals surface area contributed by atoms with E-state index in [-0.39, 0.29) is 23.9 Å². The second kappa shape index (κ2) is 18.0. The summed E-state index contributed by atoms with van der Waals surface area (Å²) in [7, 11) is 0. The molecule has 2 N–H and O–H groups in total. The molecule has 0 aliphatic heterocycles.